The molecule has 0 atom stereocenters. The van der Waals surface area contributed by atoms with Gasteiger partial charge < -0.3 is 19.3 Å². The van der Waals surface area contributed by atoms with Crippen molar-refractivity contribution in [1.29, 1.82) is 0 Å². The molecule has 1 amide bonds. The van der Waals surface area contributed by atoms with Crippen LogP contribution < -0.4 is 9.47 Å². The van der Waals surface area contributed by atoms with E-state index in [2.05, 4.69) is 21.9 Å². The number of hydrogen-bond donors (Lipinski definition) is 0. The number of carbonyl (C=O) groups is 1. The maximum atomic E-state index is 12.7. The number of amides is 1. The van der Waals surface area contributed by atoms with E-state index in [0.29, 0.717) is 17.0 Å². The first-order valence-electron chi connectivity index (χ1n) is 8.00. The number of piperidine rings is 1. The highest BCUT2D eigenvalue weighted by Crippen LogP contribution is 2.40. The lowest BCUT2D eigenvalue weighted by Gasteiger charge is -2.39. The fourth-order valence-electron chi connectivity index (χ4n) is 3.62. The predicted octanol–water partition coefficient (Wildman–Crippen LogP) is 1.05. The van der Waals surface area contributed by atoms with Crippen molar-refractivity contribution in [3.63, 3.8) is 0 Å². The Labute approximate surface area is 136 Å². The number of ether oxygens (including phenoxy) is 2. The topological polar surface area (TPSA) is 67.8 Å². The lowest BCUT2D eigenvalue weighted by Crippen LogP contribution is -2.44. The SMILES string of the molecule is COc1cc(C(=O)N2CCC3(CCN(C)C3)CC2)nc(OC)n1. The Morgan fingerprint density at radius 2 is 1.83 bits per heavy atom. The van der Waals surface area contributed by atoms with Crippen LogP contribution in [0.3, 0.4) is 0 Å². The minimum absolute atomic E-state index is 0.0785. The highest BCUT2D eigenvalue weighted by Gasteiger charge is 2.40. The van der Waals surface area contributed by atoms with Crippen molar-refractivity contribution in [3.8, 4) is 11.9 Å². The van der Waals surface area contributed by atoms with Crippen molar-refractivity contribution in [2.75, 3.05) is 47.4 Å². The molecule has 0 N–H and O–H groups in total. The van der Waals surface area contributed by atoms with Crippen molar-refractivity contribution in [3.05, 3.63) is 11.8 Å². The van der Waals surface area contributed by atoms with Crippen LogP contribution in [-0.4, -0.2) is 73.1 Å². The molecule has 0 saturated carbocycles. The van der Waals surface area contributed by atoms with Gasteiger partial charge in [-0.1, -0.05) is 0 Å². The molecular formula is C16H24N4O3. The minimum atomic E-state index is -0.0785. The number of nitrogens with zero attached hydrogens (tertiary/aromatic N) is 4. The molecule has 2 aliphatic heterocycles. The Kier molecular flexibility index (Phi) is 4.39. The maximum Gasteiger partial charge on any atom is 0.320 e. The fourth-order valence-corrected chi connectivity index (χ4v) is 3.62. The summed E-state index contributed by atoms with van der Waals surface area (Å²) in [6.07, 6.45) is 3.35. The van der Waals surface area contributed by atoms with Gasteiger partial charge in [0.1, 0.15) is 5.69 Å². The van der Waals surface area contributed by atoms with Gasteiger partial charge in [0.2, 0.25) is 5.88 Å². The van der Waals surface area contributed by atoms with Gasteiger partial charge in [-0.05, 0) is 38.3 Å². The first-order chi connectivity index (χ1) is 11.0. The molecule has 1 spiro atoms. The van der Waals surface area contributed by atoms with Gasteiger partial charge in [-0.15, -0.1) is 0 Å². The Morgan fingerprint density at radius 1 is 1.13 bits per heavy atom. The van der Waals surface area contributed by atoms with Gasteiger partial charge in [0, 0.05) is 25.7 Å². The van der Waals surface area contributed by atoms with Gasteiger partial charge in [0.15, 0.2) is 0 Å². The highest BCUT2D eigenvalue weighted by molar-refractivity contribution is 5.92. The predicted molar refractivity (Wildman–Crippen MR) is 84.8 cm³/mol. The second kappa shape index (κ2) is 6.31. The molecule has 126 valence electrons. The summed E-state index contributed by atoms with van der Waals surface area (Å²) < 4.78 is 10.2. The average Bonchev–Trinajstić information content (AvgIpc) is 2.94. The molecule has 2 saturated heterocycles. The van der Waals surface area contributed by atoms with Crippen LogP contribution in [0.1, 0.15) is 29.8 Å². The van der Waals surface area contributed by atoms with Crippen molar-refractivity contribution >= 4 is 5.91 Å². The summed E-state index contributed by atoms with van der Waals surface area (Å²) in [6, 6.07) is 1.72. The number of hydrogen-bond acceptors (Lipinski definition) is 6. The molecule has 7 heteroatoms. The maximum absolute atomic E-state index is 12.7. The third kappa shape index (κ3) is 3.24. The molecule has 0 bridgehead atoms. The van der Waals surface area contributed by atoms with E-state index in [1.165, 1.54) is 20.6 Å². The molecule has 0 radical (unpaired) electrons. The Morgan fingerprint density at radius 3 is 2.39 bits per heavy atom. The van der Waals surface area contributed by atoms with Gasteiger partial charge in [-0.25, -0.2) is 0 Å². The van der Waals surface area contributed by atoms with Crippen LogP contribution in [0.25, 0.3) is 0 Å². The first kappa shape index (κ1) is 16.0. The van der Waals surface area contributed by atoms with E-state index in [9.17, 15) is 4.79 Å². The Hall–Kier alpha value is -1.89. The molecular weight excluding hydrogens is 296 g/mol. The number of methoxy groups -OCH3 is 2. The molecule has 3 rings (SSSR count). The van der Waals surface area contributed by atoms with Crippen LogP contribution in [0, 0.1) is 5.41 Å². The molecule has 3 heterocycles. The molecule has 7 nitrogen and oxygen atoms in total. The average molecular weight is 320 g/mol. The first-order valence-corrected chi connectivity index (χ1v) is 8.00. The van der Waals surface area contributed by atoms with Crippen LogP contribution in [-0.2, 0) is 0 Å². The zero-order valence-electron chi connectivity index (χ0n) is 14.0. The summed E-state index contributed by atoms with van der Waals surface area (Å²) >= 11 is 0. The van der Waals surface area contributed by atoms with E-state index in [0.717, 1.165) is 39.0 Å². The minimum Gasteiger partial charge on any atom is -0.481 e. The summed E-state index contributed by atoms with van der Waals surface area (Å²) in [5.41, 5.74) is 0.722. The van der Waals surface area contributed by atoms with Gasteiger partial charge in [-0.2, -0.15) is 9.97 Å². The van der Waals surface area contributed by atoms with E-state index in [-0.39, 0.29) is 11.9 Å². The van der Waals surface area contributed by atoms with E-state index < -0.39 is 0 Å². The summed E-state index contributed by atoms with van der Waals surface area (Å²) in [5, 5.41) is 0. The van der Waals surface area contributed by atoms with Crippen molar-refractivity contribution < 1.29 is 14.3 Å². The molecule has 1 aromatic rings. The number of rotatable bonds is 3. The van der Waals surface area contributed by atoms with Crippen LogP contribution in [0.15, 0.2) is 6.07 Å². The van der Waals surface area contributed by atoms with Gasteiger partial charge in [0.05, 0.1) is 14.2 Å². The van der Waals surface area contributed by atoms with E-state index in [1.807, 2.05) is 4.90 Å². The molecule has 0 aromatic carbocycles. The van der Waals surface area contributed by atoms with E-state index >= 15 is 0 Å². The molecule has 0 unspecified atom stereocenters. The molecule has 1 aromatic heterocycles. The zero-order valence-corrected chi connectivity index (χ0v) is 14.0. The Bertz CT molecular complexity index is 562. The summed E-state index contributed by atoms with van der Waals surface area (Å²) in [4.78, 5) is 25.2. The third-order valence-corrected chi connectivity index (χ3v) is 5.03. The van der Waals surface area contributed by atoms with Crippen molar-refractivity contribution in [2.24, 2.45) is 5.41 Å². The molecule has 2 fully saturated rings. The monoisotopic (exact) mass is 320 g/mol. The summed E-state index contributed by atoms with van der Waals surface area (Å²) in [5.74, 6) is 0.260. The van der Waals surface area contributed by atoms with Crippen LogP contribution in [0.5, 0.6) is 11.9 Å². The van der Waals surface area contributed by atoms with Gasteiger partial charge in [0.25, 0.3) is 5.91 Å². The lowest BCUT2D eigenvalue weighted by molar-refractivity contribution is 0.0586. The lowest BCUT2D eigenvalue weighted by atomic mass is 9.78. The van der Waals surface area contributed by atoms with E-state index in [1.54, 1.807) is 6.07 Å². The zero-order chi connectivity index (χ0) is 16.4. The highest BCUT2D eigenvalue weighted by atomic mass is 16.5. The third-order valence-electron chi connectivity index (χ3n) is 5.03. The summed E-state index contributed by atoms with van der Waals surface area (Å²) in [7, 11) is 5.16. The molecule has 2 aliphatic rings. The summed E-state index contributed by atoms with van der Waals surface area (Å²) in [6.45, 7) is 3.86. The normalized spacial score (nSPS) is 20.7. The fraction of sp³-hybridized carbons (Fsp3) is 0.688. The van der Waals surface area contributed by atoms with E-state index in [4.69, 9.17) is 9.47 Å². The quantitative estimate of drug-likeness (QED) is 0.829. The smallest absolute Gasteiger partial charge is 0.320 e. The number of carbonyl (C=O) groups excluding carboxylic acids is 1. The van der Waals surface area contributed by atoms with Crippen molar-refractivity contribution in [2.45, 2.75) is 19.3 Å². The molecule has 0 aliphatic carbocycles. The number of likely N-dealkylation sites (tertiary alicyclic amines) is 2. The second-order valence-corrected chi connectivity index (χ2v) is 6.56. The second-order valence-electron chi connectivity index (χ2n) is 6.56. The van der Waals surface area contributed by atoms with Crippen LogP contribution in [0.4, 0.5) is 0 Å². The Balaban J connectivity index is 1.70. The van der Waals surface area contributed by atoms with Crippen LogP contribution >= 0.6 is 0 Å². The standard InChI is InChI=1S/C16H24N4O3/c1-19-7-4-16(11-19)5-8-20(9-6-16)14(21)12-10-13(22-2)18-15(17-12)23-3/h10H,4-9,11H2,1-3H3. The molecule has 23 heavy (non-hydrogen) atoms. The number of aromatic nitrogens is 2. The van der Waals surface area contributed by atoms with Gasteiger partial charge >= 0.3 is 6.01 Å². The van der Waals surface area contributed by atoms with Crippen LogP contribution in [0.2, 0.25) is 0 Å². The van der Waals surface area contributed by atoms with Crippen molar-refractivity contribution in [1.82, 2.24) is 19.8 Å². The largest absolute Gasteiger partial charge is 0.481 e. The van der Waals surface area contributed by atoms with Gasteiger partial charge in [-0.3, -0.25) is 4.79 Å².